The molecule has 1 unspecified atom stereocenters. The largest absolute Gasteiger partial charge is 0.370 e. The SMILES string of the molecule is CC1(CCc2ccccc2Br)CO1. The highest BCUT2D eigenvalue weighted by atomic mass is 79.9. The third kappa shape index (κ3) is 2.32. The second kappa shape index (κ2) is 3.43. The molecule has 1 saturated heterocycles. The Kier molecular flexibility index (Phi) is 2.43. The van der Waals surface area contributed by atoms with Crippen LogP contribution < -0.4 is 0 Å². The van der Waals surface area contributed by atoms with E-state index in [2.05, 4.69) is 41.1 Å². The first kappa shape index (κ1) is 9.22. The molecule has 0 radical (unpaired) electrons. The van der Waals surface area contributed by atoms with Crippen LogP contribution in [0.5, 0.6) is 0 Å². The molecule has 1 aromatic carbocycles. The van der Waals surface area contributed by atoms with E-state index in [9.17, 15) is 0 Å². The van der Waals surface area contributed by atoms with Crippen LogP contribution in [0.1, 0.15) is 18.9 Å². The van der Waals surface area contributed by atoms with Crippen LogP contribution in [0.2, 0.25) is 0 Å². The van der Waals surface area contributed by atoms with Crippen LogP contribution in [-0.2, 0) is 11.2 Å². The van der Waals surface area contributed by atoms with Crippen molar-refractivity contribution in [2.45, 2.75) is 25.4 Å². The van der Waals surface area contributed by atoms with Crippen molar-refractivity contribution in [1.82, 2.24) is 0 Å². The summed E-state index contributed by atoms with van der Waals surface area (Å²) in [6.45, 7) is 3.10. The molecule has 1 atom stereocenters. The molecule has 1 fully saturated rings. The molecule has 1 aromatic rings. The third-order valence-electron chi connectivity index (χ3n) is 2.52. The third-order valence-corrected chi connectivity index (χ3v) is 3.29. The van der Waals surface area contributed by atoms with E-state index >= 15 is 0 Å². The maximum Gasteiger partial charge on any atom is 0.0891 e. The van der Waals surface area contributed by atoms with Crippen molar-refractivity contribution in [3.8, 4) is 0 Å². The number of hydrogen-bond acceptors (Lipinski definition) is 1. The van der Waals surface area contributed by atoms with Gasteiger partial charge in [-0.25, -0.2) is 0 Å². The van der Waals surface area contributed by atoms with E-state index in [1.807, 2.05) is 6.07 Å². The molecule has 13 heavy (non-hydrogen) atoms. The molecule has 70 valence electrons. The fraction of sp³-hybridized carbons (Fsp3) is 0.455. The molecular weight excluding hydrogens is 228 g/mol. The molecule has 2 heteroatoms. The maximum atomic E-state index is 5.34. The summed E-state index contributed by atoms with van der Waals surface area (Å²) in [5.74, 6) is 0. The van der Waals surface area contributed by atoms with Crippen LogP contribution in [0, 0.1) is 0 Å². The predicted octanol–water partition coefficient (Wildman–Crippen LogP) is 3.17. The highest BCUT2D eigenvalue weighted by Gasteiger charge is 2.38. The van der Waals surface area contributed by atoms with E-state index in [0.717, 1.165) is 19.4 Å². The minimum atomic E-state index is 0.176. The van der Waals surface area contributed by atoms with Crippen molar-refractivity contribution < 1.29 is 4.74 Å². The van der Waals surface area contributed by atoms with Crippen LogP contribution >= 0.6 is 15.9 Å². The topological polar surface area (TPSA) is 12.5 Å². The molecule has 1 aliphatic heterocycles. The molecule has 1 heterocycles. The number of benzene rings is 1. The summed E-state index contributed by atoms with van der Waals surface area (Å²) in [7, 11) is 0. The Labute approximate surface area is 87.2 Å². The van der Waals surface area contributed by atoms with Crippen molar-refractivity contribution in [1.29, 1.82) is 0 Å². The minimum Gasteiger partial charge on any atom is -0.370 e. The van der Waals surface area contributed by atoms with E-state index in [1.54, 1.807) is 0 Å². The minimum absolute atomic E-state index is 0.176. The van der Waals surface area contributed by atoms with Crippen LogP contribution in [-0.4, -0.2) is 12.2 Å². The molecule has 0 aromatic heterocycles. The number of epoxide rings is 1. The average Bonchev–Trinajstić information content (AvgIpc) is 2.83. The van der Waals surface area contributed by atoms with E-state index < -0.39 is 0 Å². The average molecular weight is 241 g/mol. The molecule has 0 aliphatic carbocycles. The predicted molar refractivity (Wildman–Crippen MR) is 56.8 cm³/mol. The van der Waals surface area contributed by atoms with Crippen LogP contribution in [0.3, 0.4) is 0 Å². The first-order valence-electron chi connectivity index (χ1n) is 4.57. The van der Waals surface area contributed by atoms with Gasteiger partial charge >= 0.3 is 0 Å². The van der Waals surface area contributed by atoms with Gasteiger partial charge in [-0.1, -0.05) is 34.1 Å². The van der Waals surface area contributed by atoms with Gasteiger partial charge in [-0.15, -0.1) is 0 Å². The van der Waals surface area contributed by atoms with Gasteiger partial charge < -0.3 is 4.74 Å². The molecule has 0 N–H and O–H groups in total. The Morgan fingerprint density at radius 1 is 1.46 bits per heavy atom. The van der Waals surface area contributed by atoms with Gasteiger partial charge in [0.05, 0.1) is 12.2 Å². The first-order chi connectivity index (χ1) is 6.20. The molecule has 0 amide bonds. The standard InChI is InChI=1S/C11H13BrO/c1-11(8-13-11)7-6-9-4-2-3-5-10(9)12/h2-5H,6-8H2,1H3. The van der Waals surface area contributed by atoms with Gasteiger partial charge in [-0.2, -0.15) is 0 Å². The quantitative estimate of drug-likeness (QED) is 0.740. The Morgan fingerprint density at radius 3 is 2.77 bits per heavy atom. The van der Waals surface area contributed by atoms with E-state index in [4.69, 9.17) is 4.74 Å². The second-order valence-electron chi connectivity index (χ2n) is 3.83. The van der Waals surface area contributed by atoms with Crippen LogP contribution in [0.15, 0.2) is 28.7 Å². The van der Waals surface area contributed by atoms with Crippen molar-refractivity contribution in [3.05, 3.63) is 34.3 Å². The van der Waals surface area contributed by atoms with Crippen molar-refractivity contribution >= 4 is 15.9 Å². The first-order valence-corrected chi connectivity index (χ1v) is 5.36. The van der Waals surface area contributed by atoms with Crippen molar-refractivity contribution in [3.63, 3.8) is 0 Å². The highest BCUT2D eigenvalue weighted by Crippen LogP contribution is 2.32. The summed E-state index contributed by atoms with van der Waals surface area (Å²) < 4.78 is 6.55. The van der Waals surface area contributed by atoms with Crippen molar-refractivity contribution in [2.24, 2.45) is 0 Å². The Bertz CT molecular complexity index is 305. The zero-order valence-corrected chi connectivity index (χ0v) is 9.30. The Hall–Kier alpha value is -0.340. The summed E-state index contributed by atoms with van der Waals surface area (Å²) in [4.78, 5) is 0. The molecule has 2 rings (SSSR count). The van der Waals surface area contributed by atoms with Gasteiger partial charge in [0, 0.05) is 4.47 Å². The summed E-state index contributed by atoms with van der Waals surface area (Å²) in [5.41, 5.74) is 1.55. The Balaban J connectivity index is 1.97. The lowest BCUT2D eigenvalue weighted by atomic mass is 10.0. The monoisotopic (exact) mass is 240 g/mol. The highest BCUT2D eigenvalue weighted by molar-refractivity contribution is 9.10. The van der Waals surface area contributed by atoms with E-state index in [1.165, 1.54) is 10.0 Å². The van der Waals surface area contributed by atoms with Gasteiger partial charge in [0.1, 0.15) is 0 Å². The number of aryl methyl sites for hydroxylation is 1. The zero-order chi connectivity index (χ0) is 9.31. The smallest absolute Gasteiger partial charge is 0.0891 e. The van der Waals surface area contributed by atoms with Gasteiger partial charge in [-0.3, -0.25) is 0 Å². The molecule has 0 bridgehead atoms. The summed E-state index contributed by atoms with van der Waals surface area (Å²) in [6.07, 6.45) is 2.22. The van der Waals surface area contributed by atoms with Gasteiger partial charge in [0.25, 0.3) is 0 Å². The van der Waals surface area contributed by atoms with Gasteiger partial charge in [-0.05, 0) is 31.4 Å². The lowest BCUT2D eigenvalue weighted by Gasteiger charge is -2.06. The normalized spacial score (nSPS) is 26.0. The summed E-state index contributed by atoms with van der Waals surface area (Å²) in [6, 6.07) is 8.38. The lowest BCUT2D eigenvalue weighted by molar-refractivity contribution is 0.309. The van der Waals surface area contributed by atoms with Crippen LogP contribution in [0.4, 0.5) is 0 Å². The summed E-state index contributed by atoms with van der Waals surface area (Å²) >= 11 is 3.54. The fourth-order valence-corrected chi connectivity index (χ4v) is 1.85. The van der Waals surface area contributed by atoms with Crippen LogP contribution in [0.25, 0.3) is 0 Å². The molecular formula is C11H13BrO. The molecule has 1 aliphatic rings. The van der Waals surface area contributed by atoms with Crippen molar-refractivity contribution in [2.75, 3.05) is 6.61 Å². The molecule has 0 spiro atoms. The lowest BCUT2D eigenvalue weighted by Crippen LogP contribution is -2.05. The van der Waals surface area contributed by atoms with E-state index in [0.29, 0.717) is 0 Å². The summed E-state index contributed by atoms with van der Waals surface area (Å²) in [5, 5.41) is 0. The maximum absolute atomic E-state index is 5.34. The molecule has 1 nitrogen and oxygen atoms in total. The second-order valence-corrected chi connectivity index (χ2v) is 4.68. The fourth-order valence-electron chi connectivity index (χ4n) is 1.37. The van der Waals surface area contributed by atoms with Gasteiger partial charge in [0.15, 0.2) is 0 Å². The number of hydrogen-bond donors (Lipinski definition) is 0. The van der Waals surface area contributed by atoms with Gasteiger partial charge in [0.2, 0.25) is 0 Å². The van der Waals surface area contributed by atoms with E-state index in [-0.39, 0.29) is 5.60 Å². The Morgan fingerprint density at radius 2 is 2.15 bits per heavy atom. The zero-order valence-electron chi connectivity index (χ0n) is 7.72. The number of ether oxygens (including phenoxy) is 1. The number of rotatable bonds is 3. The number of halogens is 1. The molecule has 0 saturated carbocycles.